The summed E-state index contributed by atoms with van der Waals surface area (Å²) in [6, 6.07) is 6.11. The minimum Gasteiger partial charge on any atom is -0.377 e. The highest BCUT2D eigenvalue weighted by molar-refractivity contribution is 14.0. The Kier molecular flexibility index (Phi) is 7.36. The third kappa shape index (κ3) is 6.24. The van der Waals surface area contributed by atoms with Crippen molar-refractivity contribution < 1.29 is 4.74 Å². The van der Waals surface area contributed by atoms with Crippen LogP contribution >= 0.6 is 24.0 Å². The van der Waals surface area contributed by atoms with Crippen molar-refractivity contribution in [3.05, 3.63) is 29.3 Å². The van der Waals surface area contributed by atoms with Crippen LogP contribution in [-0.4, -0.2) is 25.2 Å². The van der Waals surface area contributed by atoms with Crippen molar-refractivity contribution in [3.63, 3.8) is 0 Å². The van der Waals surface area contributed by atoms with Crippen molar-refractivity contribution in [2.75, 3.05) is 19.0 Å². The predicted molar refractivity (Wildman–Crippen MR) is 92.5 cm³/mol. The van der Waals surface area contributed by atoms with E-state index >= 15 is 0 Å². The van der Waals surface area contributed by atoms with E-state index in [1.54, 1.807) is 7.11 Å². The SMILES string of the molecule is COC(C)(C)CN=C(N)Nc1ccc(C)c(C)c1.I. The molecule has 0 bridgehead atoms. The maximum Gasteiger partial charge on any atom is 0.193 e. The molecule has 0 aromatic heterocycles. The van der Waals surface area contributed by atoms with Crippen LogP contribution in [-0.2, 0) is 4.74 Å². The number of nitrogens with one attached hydrogen (secondary N) is 1. The van der Waals surface area contributed by atoms with E-state index in [1.807, 2.05) is 19.9 Å². The van der Waals surface area contributed by atoms with Gasteiger partial charge in [0.2, 0.25) is 0 Å². The first-order valence-electron chi connectivity index (χ1n) is 6.03. The second-order valence-corrected chi connectivity index (χ2v) is 5.09. The fourth-order valence-electron chi connectivity index (χ4n) is 1.35. The number of aryl methyl sites for hydroxylation is 2. The van der Waals surface area contributed by atoms with Gasteiger partial charge in [-0.3, -0.25) is 4.99 Å². The number of methoxy groups -OCH3 is 1. The summed E-state index contributed by atoms with van der Waals surface area (Å²) in [5, 5.41) is 3.08. The summed E-state index contributed by atoms with van der Waals surface area (Å²) in [5.41, 5.74) is 8.98. The Bertz CT molecular complexity index is 444. The number of guanidine groups is 1. The Morgan fingerprint density at radius 1 is 1.32 bits per heavy atom. The fraction of sp³-hybridized carbons (Fsp3) is 0.500. The molecule has 1 aromatic rings. The van der Waals surface area contributed by atoms with E-state index in [2.05, 4.69) is 36.3 Å². The van der Waals surface area contributed by atoms with Gasteiger partial charge in [0, 0.05) is 12.8 Å². The Morgan fingerprint density at radius 2 is 1.95 bits per heavy atom. The number of aliphatic imine (C=N–C) groups is 1. The molecular weight excluding hydrogens is 353 g/mol. The molecule has 5 heteroatoms. The van der Waals surface area contributed by atoms with E-state index in [0.29, 0.717) is 12.5 Å². The molecule has 19 heavy (non-hydrogen) atoms. The van der Waals surface area contributed by atoms with Crippen LogP contribution in [0.25, 0.3) is 0 Å². The van der Waals surface area contributed by atoms with Crippen LogP contribution in [0, 0.1) is 13.8 Å². The van der Waals surface area contributed by atoms with Crippen LogP contribution < -0.4 is 11.1 Å². The molecule has 0 aliphatic heterocycles. The molecule has 0 aliphatic rings. The Labute approximate surface area is 132 Å². The zero-order chi connectivity index (χ0) is 13.8. The molecular formula is C14H24IN3O. The number of hydrogen-bond acceptors (Lipinski definition) is 2. The van der Waals surface area contributed by atoms with Gasteiger partial charge in [0.05, 0.1) is 12.1 Å². The molecule has 3 N–H and O–H groups in total. The number of nitrogens with two attached hydrogens (primary N) is 1. The van der Waals surface area contributed by atoms with E-state index in [-0.39, 0.29) is 29.6 Å². The van der Waals surface area contributed by atoms with Gasteiger partial charge in [-0.15, -0.1) is 24.0 Å². The highest BCUT2D eigenvalue weighted by Gasteiger charge is 2.15. The molecule has 0 spiro atoms. The molecule has 1 aromatic carbocycles. The van der Waals surface area contributed by atoms with Gasteiger partial charge in [0.1, 0.15) is 0 Å². The van der Waals surface area contributed by atoms with Crippen LogP contribution in [0.4, 0.5) is 5.69 Å². The number of ether oxygens (including phenoxy) is 1. The van der Waals surface area contributed by atoms with Gasteiger partial charge in [0.15, 0.2) is 5.96 Å². The third-order valence-electron chi connectivity index (χ3n) is 2.96. The molecule has 0 amide bonds. The van der Waals surface area contributed by atoms with E-state index in [0.717, 1.165) is 5.69 Å². The average Bonchev–Trinajstić information content (AvgIpc) is 2.32. The maximum atomic E-state index is 5.84. The largest absolute Gasteiger partial charge is 0.377 e. The Balaban J connectivity index is 0.00000324. The summed E-state index contributed by atoms with van der Waals surface area (Å²) in [4.78, 5) is 4.27. The summed E-state index contributed by atoms with van der Waals surface area (Å²) in [6.45, 7) is 8.62. The molecule has 0 saturated carbocycles. The molecule has 0 heterocycles. The van der Waals surface area contributed by atoms with Crippen molar-refractivity contribution >= 4 is 35.6 Å². The lowest BCUT2D eigenvalue weighted by atomic mass is 10.1. The molecule has 108 valence electrons. The lowest BCUT2D eigenvalue weighted by molar-refractivity contribution is 0.0312. The van der Waals surface area contributed by atoms with Gasteiger partial charge in [-0.25, -0.2) is 0 Å². The Hall–Kier alpha value is -0.820. The standard InChI is InChI=1S/C14H23N3O.HI/c1-10-6-7-12(8-11(10)2)17-13(15)16-9-14(3,4)18-5;/h6-8H,9H2,1-5H3,(H3,15,16,17);1H. The molecule has 0 fully saturated rings. The minimum absolute atomic E-state index is 0. The summed E-state index contributed by atoms with van der Waals surface area (Å²) < 4.78 is 5.28. The van der Waals surface area contributed by atoms with Crippen molar-refractivity contribution in [2.45, 2.75) is 33.3 Å². The van der Waals surface area contributed by atoms with Crippen LogP contribution in [0.3, 0.4) is 0 Å². The zero-order valence-electron chi connectivity index (χ0n) is 12.3. The lowest BCUT2D eigenvalue weighted by Gasteiger charge is -2.20. The monoisotopic (exact) mass is 377 g/mol. The Morgan fingerprint density at radius 3 is 2.47 bits per heavy atom. The number of hydrogen-bond donors (Lipinski definition) is 2. The first-order valence-corrected chi connectivity index (χ1v) is 6.03. The van der Waals surface area contributed by atoms with Gasteiger partial charge in [-0.05, 0) is 51.0 Å². The van der Waals surface area contributed by atoms with Crippen LogP contribution in [0.5, 0.6) is 0 Å². The quantitative estimate of drug-likeness (QED) is 0.482. The summed E-state index contributed by atoms with van der Waals surface area (Å²) in [5.74, 6) is 0.406. The number of benzene rings is 1. The molecule has 0 saturated heterocycles. The molecule has 4 nitrogen and oxygen atoms in total. The van der Waals surface area contributed by atoms with Gasteiger partial charge < -0.3 is 15.8 Å². The zero-order valence-corrected chi connectivity index (χ0v) is 14.6. The van der Waals surface area contributed by atoms with Gasteiger partial charge >= 0.3 is 0 Å². The number of nitrogens with zero attached hydrogens (tertiary/aromatic N) is 1. The van der Waals surface area contributed by atoms with Crippen LogP contribution in [0.15, 0.2) is 23.2 Å². The van der Waals surface area contributed by atoms with Crippen LogP contribution in [0.2, 0.25) is 0 Å². The average molecular weight is 377 g/mol. The normalized spacial score (nSPS) is 11.9. The lowest BCUT2D eigenvalue weighted by Crippen LogP contribution is -2.30. The van der Waals surface area contributed by atoms with Crippen molar-refractivity contribution in [1.29, 1.82) is 0 Å². The molecule has 0 aliphatic carbocycles. The number of halogens is 1. The molecule has 0 unspecified atom stereocenters. The minimum atomic E-state index is -0.296. The second-order valence-electron chi connectivity index (χ2n) is 5.09. The van der Waals surface area contributed by atoms with Crippen molar-refractivity contribution in [3.8, 4) is 0 Å². The molecule has 0 atom stereocenters. The fourth-order valence-corrected chi connectivity index (χ4v) is 1.35. The van der Waals surface area contributed by atoms with E-state index < -0.39 is 0 Å². The maximum absolute atomic E-state index is 5.84. The number of anilines is 1. The van der Waals surface area contributed by atoms with Gasteiger partial charge in [0.25, 0.3) is 0 Å². The molecule has 1 rings (SSSR count). The van der Waals surface area contributed by atoms with E-state index in [4.69, 9.17) is 10.5 Å². The highest BCUT2D eigenvalue weighted by Crippen LogP contribution is 2.14. The second kappa shape index (κ2) is 7.69. The van der Waals surface area contributed by atoms with E-state index in [1.165, 1.54) is 11.1 Å². The van der Waals surface area contributed by atoms with Crippen molar-refractivity contribution in [1.82, 2.24) is 0 Å². The van der Waals surface area contributed by atoms with Crippen LogP contribution in [0.1, 0.15) is 25.0 Å². The van der Waals surface area contributed by atoms with Crippen molar-refractivity contribution in [2.24, 2.45) is 10.7 Å². The summed E-state index contributed by atoms with van der Waals surface area (Å²) in [7, 11) is 1.67. The topological polar surface area (TPSA) is 59.6 Å². The van der Waals surface area contributed by atoms with Gasteiger partial charge in [-0.2, -0.15) is 0 Å². The first-order chi connectivity index (χ1) is 8.34. The smallest absolute Gasteiger partial charge is 0.193 e. The van der Waals surface area contributed by atoms with E-state index in [9.17, 15) is 0 Å². The highest BCUT2D eigenvalue weighted by atomic mass is 127. The predicted octanol–water partition coefficient (Wildman–Crippen LogP) is 3.07. The number of rotatable bonds is 4. The summed E-state index contributed by atoms with van der Waals surface area (Å²) in [6.07, 6.45) is 0. The molecule has 0 radical (unpaired) electrons. The third-order valence-corrected chi connectivity index (χ3v) is 2.96. The van der Waals surface area contributed by atoms with Gasteiger partial charge in [-0.1, -0.05) is 6.07 Å². The summed E-state index contributed by atoms with van der Waals surface area (Å²) >= 11 is 0. The first kappa shape index (κ1) is 18.2.